The lowest BCUT2D eigenvalue weighted by atomic mass is 10.2. The molecule has 5 nitrogen and oxygen atoms in total. The Kier molecular flexibility index (Phi) is 5.38. The summed E-state index contributed by atoms with van der Waals surface area (Å²) < 4.78 is 34.0. The van der Waals surface area contributed by atoms with Gasteiger partial charge in [-0.25, -0.2) is 8.42 Å². The third-order valence-electron chi connectivity index (χ3n) is 4.36. The van der Waals surface area contributed by atoms with E-state index >= 15 is 0 Å². The fraction of sp³-hybridized carbons (Fsp3) is 0.0455. The van der Waals surface area contributed by atoms with Crippen molar-refractivity contribution in [3.05, 3.63) is 95.6 Å². The van der Waals surface area contributed by atoms with Gasteiger partial charge < -0.3 is 4.74 Å². The van der Waals surface area contributed by atoms with Crippen molar-refractivity contribution in [2.75, 3.05) is 4.72 Å². The summed E-state index contributed by atoms with van der Waals surface area (Å²) in [4.78, 5) is 4.51. The van der Waals surface area contributed by atoms with Gasteiger partial charge in [0.15, 0.2) is 0 Å². The van der Waals surface area contributed by atoms with Gasteiger partial charge in [-0.1, -0.05) is 48.0 Å². The van der Waals surface area contributed by atoms with Crippen molar-refractivity contribution in [3.63, 3.8) is 0 Å². The van der Waals surface area contributed by atoms with Crippen molar-refractivity contribution in [2.24, 2.45) is 0 Å². The van der Waals surface area contributed by atoms with Crippen molar-refractivity contribution < 1.29 is 13.2 Å². The van der Waals surface area contributed by atoms with Gasteiger partial charge >= 0.3 is 0 Å². The molecule has 1 heterocycles. The largest absolute Gasteiger partial charge is 0.487 e. The number of ether oxygens (including phenoxy) is 1. The Morgan fingerprint density at radius 2 is 1.66 bits per heavy atom. The number of hydrogen-bond donors (Lipinski definition) is 1. The molecule has 1 aromatic heterocycles. The van der Waals surface area contributed by atoms with E-state index < -0.39 is 10.0 Å². The molecule has 0 saturated heterocycles. The van der Waals surface area contributed by atoms with Gasteiger partial charge in [-0.2, -0.15) is 0 Å². The van der Waals surface area contributed by atoms with E-state index in [1.165, 1.54) is 12.1 Å². The van der Waals surface area contributed by atoms with E-state index in [1.807, 2.05) is 42.5 Å². The number of nitrogens with zero attached hydrogens (tertiary/aromatic N) is 1. The molecule has 0 spiro atoms. The van der Waals surface area contributed by atoms with Gasteiger partial charge in [-0.15, -0.1) is 0 Å². The number of rotatable bonds is 6. The lowest BCUT2D eigenvalue weighted by Gasteiger charge is -2.14. The molecule has 0 aliphatic carbocycles. The van der Waals surface area contributed by atoms with Crippen LogP contribution in [0.15, 0.2) is 90.0 Å². The summed E-state index contributed by atoms with van der Waals surface area (Å²) in [6.07, 6.45) is 1.71. The van der Waals surface area contributed by atoms with E-state index in [4.69, 9.17) is 16.3 Å². The van der Waals surface area contributed by atoms with Gasteiger partial charge in [0.25, 0.3) is 10.0 Å². The van der Waals surface area contributed by atoms with E-state index in [2.05, 4.69) is 9.71 Å². The van der Waals surface area contributed by atoms with Crippen LogP contribution in [0.2, 0.25) is 5.02 Å². The molecule has 0 radical (unpaired) electrons. The maximum absolute atomic E-state index is 12.7. The Morgan fingerprint density at radius 1 is 0.897 bits per heavy atom. The van der Waals surface area contributed by atoms with Crippen LogP contribution in [0.5, 0.6) is 5.75 Å². The first-order chi connectivity index (χ1) is 14.0. The highest BCUT2D eigenvalue weighted by Gasteiger charge is 2.16. The smallest absolute Gasteiger partial charge is 0.261 e. The number of aromatic nitrogens is 1. The van der Waals surface area contributed by atoms with Crippen molar-refractivity contribution >= 4 is 38.2 Å². The second-order valence-electron chi connectivity index (χ2n) is 6.34. The third-order valence-corrected chi connectivity index (χ3v) is 6.00. The maximum atomic E-state index is 12.7. The second kappa shape index (κ2) is 8.11. The highest BCUT2D eigenvalue weighted by atomic mass is 35.5. The summed E-state index contributed by atoms with van der Waals surface area (Å²) in [6, 6.07) is 22.7. The molecule has 4 rings (SSSR count). The fourth-order valence-corrected chi connectivity index (χ4v) is 4.14. The van der Waals surface area contributed by atoms with Gasteiger partial charge in [0, 0.05) is 22.2 Å². The van der Waals surface area contributed by atoms with Crippen molar-refractivity contribution in [2.45, 2.75) is 11.5 Å². The van der Waals surface area contributed by atoms with E-state index in [9.17, 15) is 8.42 Å². The van der Waals surface area contributed by atoms with Crippen LogP contribution >= 0.6 is 11.6 Å². The average molecular weight is 425 g/mol. The minimum absolute atomic E-state index is 0.135. The molecule has 7 heteroatoms. The normalized spacial score (nSPS) is 11.3. The maximum Gasteiger partial charge on any atom is 0.261 e. The topological polar surface area (TPSA) is 68.3 Å². The first kappa shape index (κ1) is 19.2. The summed E-state index contributed by atoms with van der Waals surface area (Å²) in [5.74, 6) is 0.637. The van der Waals surface area contributed by atoms with Crippen LogP contribution in [0.3, 0.4) is 0 Å². The Morgan fingerprint density at radius 3 is 2.48 bits per heavy atom. The second-order valence-corrected chi connectivity index (χ2v) is 8.46. The van der Waals surface area contributed by atoms with Crippen LogP contribution in [0.25, 0.3) is 10.9 Å². The predicted molar refractivity (Wildman–Crippen MR) is 115 cm³/mol. The summed E-state index contributed by atoms with van der Waals surface area (Å²) in [7, 11) is -3.75. The summed E-state index contributed by atoms with van der Waals surface area (Å²) >= 11 is 5.85. The van der Waals surface area contributed by atoms with Crippen LogP contribution in [0, 0.1) is 0 Å². The monoisotopic (exact) mass is 424 g/mol. The standard InChI is InChI=1S/C22H17ClN2O3S/c23-18-10-12-19(13-11-18)29(26,27)25-20-8-2-1-5-17(20)15-28-21-9-3-6-16-7-4-14-24-22(16)21/h1-14,25H,15H2. The molecular weight excluding hydrogens is 408 g/mol. The summed E-state index contributed by atoms with van der Waals surface area (Å²) in [5, 5.41) is 1.45. The molecule has 0 atom stereocenters. The number of halogens is 1. The molecule has 0 fully saturated rings. The van der Waals surface area contributed by atoms with Crippen molar-refractivity contribution in [1.82, 2.24) is 4.98 Å². The van der Waals surface area contributed by atoms with E-state index in [0.29, 0.717) is 22.0 Å². The summed E-state index contributed by atoms with van der Waals surface area (Å²) in [5.41, 5.74) is 1.92. The minimum Gasteiger partial charge on any atom is -0.487 e. The van der Waals surface area contributed by atoms with Crippen LogP contribution in [0.1, 0.15) is 5.56 Å². The zero-order valence-electron chi connectivity index (χ0n) is 15.2. The highest BCUT2D eigenvalue weighted by molar-refractivity contribution is 7.92. The molecule has 0 aliphatic heterocycles. The molecule has 29 heavy (non-hydrogen) atoms. The number of sulfonamides is 1. The van der Waals surface area contributed by atoms with E-state index in [1.54, 1.807) is 30.5 Å². The number of nitrogens with one attached hydrogen (secondary N) is 1. The molecular formula is C22H17ClN2O3S. The van der Waals surface area contributed by atoms with Crippen molar-refractivity contribution in [1.29, 1.82) is 0 Å². The fourth-order valence-electron chi connectivity index (χ4n) is 2.91. The number of anilines is 1. The molecule has 0 saturated carbocycles. The molecule has 1 N–H and O–H groups in total. The molecule has 146 valence electrons. The van der Waals surface area contributed by atoms with Gasteiger partial charge in [-0.3, -0.25) is 9.71 Å². The van der Waals surface area contributed by atoms with Gasteiger partial charge in [0.2, 0.25) is 0 Å². The Hall–Kier alpha value is -3.09. The first-order valence-corrected chi connectivity index (χ1v) is 10.7. The van der Waals surface area contributed by atoms with E-state index in [0.717, 1.165) is 10.9 Å². The van der Waals surface area contributed by atoms with Gasteiger partial charge in [0.05, 0.1) is 10.6 Å². The van der Waals surface area contributed by atoms with Gasteiger partial charge in [-0.05, 0) is 42.5 Å². The highest BCUT2D eigenvalue weighted by Crippen LogP contribution is 2.26. The Labute approximate surface area is 174 Å². The molecule has 0 unspecified atom stereocenters. The lowest BCUT2D eigenvalue weighted by Crippen LogP contribution is -2.14. The summed E-state index contributed by atoms with van der Waals surface area (Å²) in [6.45, 7) is 0.189. The average Bonchev–Trinajstić information content (AvgIpc) is 2.73. The first-order valence-electron chi connectivity index (χ1n) is 8.86. The van der Waals surface area contributed by atoms with E-state index in [-0.39, 0.29) is 11.5 Å². The lowest BCUT2D eigenvalue weighted by molar-refractivity contribution is 0.310. The zero-order chi connectivity index (χ0) is 20.3. The zero-order valence-corrected chi connectivity index (χ0v) is 16.8. The SMILES string of the molecule is O=S(=O)(Nc1ccccc1COc1cccc2cccnc12)c1ccc(Cl)cc1. The molecule has 3 aromatic carbocycles. The molecule has 0 aliphatic rings. The van der Waals surface area contributed by atoms with Crippen LogP contribution in [-0.2, 0) is 16.6 Å². The number of fused-ring (bicyclic) bond motifs is 1. The van der Waals surface area contributed by atoms with Crippen LogP contribution < -0.4 is 9.46 Å². The number of para-hydroxylation sites is 2. The molecule has 0 amide bonds. The Balaban J connectivity index is 1.58. The molecule has 0 bridgehead atoms. The minimum atomic E-state index is -3.75. The Bertz CT molecular complexity index is 1250. The molecule has 4 aromatic rings. The van der Waals surface area contributed by atoms with Crippen molar-refractivity contribution in [3.8, 4) is 5.75 Å². The van der Waals surface area contributed by atoms with Crippen LogP contribution in [0.4, 0.5) is 5.69 Å². The predicted octanol–water partition coefficient (Wildman–Crippen LogP) is 5.27. The van der Waals surface area contributed by atoms with Crippen LogP contribution in [-0.4, -0.2) is 13.4 Å². The number of pyridine rings is 1. The van der Waals surface area contributed by atoms with Gasteiger partial charge in [0.1, 0.15) is 17.9 Å². The quantitative estimate of drug-likeness (QED) is 0.458. The third kappa shape index (κ3) is 4.34. The number of benzene rings is 3. The number of hydrogen-bond acceptors (Lipinski definition) is 4.